The zero-order valence-electron chi connectivity index (χ0n) is 10.4. The van der Waals surface area contributed by atoms with Crippen LogP contribution in [-0.4, -0.2) is 23.7 Å². The number of benzene rings is 1. The lowest BCUT2D eigenvalue weighted by Crippen LogP contribution is -2.26. The summed E-state index contributed by atoms with van der Waals surface area (Å²) >= 11 is 0. The van der Waals surface area contributed by atoms with Gasteiger partial charge in [0.25, 0.3) is 5.91 Å². The molecule has 1 aromatic rings. The molecule has 0 saturated heterocycles. The first-order valence-corrected chi connectivity index (χ1v) is 5.83. The maximum atomic E-state index is 11.8. The molecule has 94 valence electrons. The third kappa shape index (κ3) is 4.44. The van der Waals surface area contributed by atoms with Gasteiger partial charge >= 0.3 is 0 Å². The number of rotatable bonds is 5. The maximum Gasteiger partial charge on any atom is 0.253 e. The van der Waals surface area contributed by atoms with E-state index >= 15 is 0 Å². The number of aliphatic hydroxyl groups excluding tert-OH is 1. The quantitative estimate of drug-likeness (QED) is 0.535. The molecule has 0 aliphatic heterocycles. The van der Waals surface area contributed by atoms with Gasteiger partial charge in [0.15, 0.2) is 0 Å². The first kappa shape index (κ1) is 13.5. The minimum Gasteiger partial charge on any atom is -0.398 e. The van der Waals surface area contributed by atoms with Gasteiger partial charge in [-0.2, -0.15) is 0 Å². The number of aryl methyl sites for hydroxylation is 1. The van der Waals surface area contributed by atoms with Crippen LogP contribution in [-0.2, 0) is 0 Å². The molecule has 0 aliphatic carbocycles. The van der Waals surface area contributed by atoms with Crippen LogP contribution in [0.4, 0.5) is 5.69 Å². The summed E-state index contributed by atoms with van der Waals surface area (Å²) in [5, 5.41) is 11.9. The third-order valence-corrected chi connectivity index (χ3v) is 2.54. The largest absolute Gasteiger partial charge is 0.398 e. The Kier molecular flexibility index (Phi) is 4.97. The topological polar surface area (TPSA) is 75.4 Å². The fraction of sp³-hybridized carbons (Fsp3) is 0.462. The summed E-state index contributed by atoms with van der Waals surface area (Å²) < 4.78 is 0. The molecule has 0 bridgehead atoms. The Labute approximate surface area is 102 Å². The second-order valence-electron chi connectivity index (χ2n) is 4.34. The second kappa shape index (κ2) is 6.25. The van der Waals surface area contributed by atoms with Crippen molar-refractivity contribution in [2.45, 2.75) is 32.8 Å². The van der Waals surface area contributed by atoms with Crippen molar-refractivity contribution in [1.29, 1.82) is 0 Å². The molecule has 1 rings (SSSR count). The van der Waals surface area contributed by atoms with E-state index in [0.29, 0.717) is 24.2 Å². The van der Waals surface area contributed by atoms with E-state index in [2.05, 4.69) is 5.32 Å². The Morgan fingerprint density at radius 2 is 2.24 bits per heavy atom. The lowest BCUT2D eigenvalue weighted by Gasteiger charge is -2.09. The van der Waals surface area contributed by atoms with E-state index in [1.54, 1.807) is 19.1 Å². The van der Waals surface area contributed by atoms with Crippen molar-refractivity contribution in [3.8, 4) is 0 Å². The number of aliphatic hydroxyl groups is 1. The minimum absolute atomic E-state index is 0.156. The van der Waals surface area contributed by atoms with E-state index in [1.807, 2.05) is 13.0 Å². The SMILES string of the molecule is Cc1ccc(N)c(C(=O)NCCCC(C)O)c1. The van der Waals surface area contributed by atoms with Crippen molar-refractivity contribution in [2.75, 3.05) is 12.3 Å². The minimum atomic E-state index is -0.323. The van der Waals surface area contributed by atoms with Crippen LogP contribution in [0.5, 0.6) is 0 Å². The molecule has 0 spiro atoms. The molecule has 0 radical (unpaired) electrons. The van der Waals surface area contributed by atoms with E-state index in [-0.39, 0.29) is 12.0 Å². The predicted molar refractivity (Wildman–Crippen MR) is 68.8 cm³/mol. The van der Waals surface area contributed by atoms with Crippen LogP contribution in [0, 0.1) is 6.92 Å². The molecular weight excluding hydrogens is 216 g/mol. The number of anilines is 1. The van der Waals surface area contributed by atoms with Gasteiger partial charge in [0, 0.05) is 12.2 Å². The summed E-state index contributed by atoms with van der Waals surface area (Å²) in [5.41, 5.74) is 7.75. The number of carbonyl (C=O) groups is 1. The van der Waals surface area contributed by atoms with Crippen LogP contribution < -0.4 is 11.1 Å². The molecule has 4 N–H and O–H groups in total. The number of nitrogens with one attached hydrogen (secondary N) is 1. The lowest BCUT2D eigenvalue weighted by molar-refractivity contribution is 0.0950. The van der Waals surface area contributed by atoms with Crippen molar-refractivity contribution < 1.29 is 9.90 Å². The van der Waals surface area contributed by atoms with Gasteiger partial charge in [0.2, 0.25) is 0 Å². The first-order valence-electron chi connectivity index (χ1n) is 5.83. The molecule has 0 saturated carbocycles. The molecule has 0 aromatic heterocycles. The molecule has 0 fully saturated rings. The summed E-state index contributed by atoms with van der Waals surface area (Å²) in [4.78, 5) is 11.8. The highest BCUT2D eigenvalue weighted by atomic mass is 16.3. The predicted octanol–water partition coefficient (Wildman–Crippen LogP) is 1.47. The molecule has 0 aliphatic rings. The van der Waals surface area contributed by atoms with Gasteiger partial charge in [0.05, 0.1) is 11.7 Å². The molecular formula is C13H20N2O2. The maximum absolute atomic E-state index is 11.8. The average molecular weight is 236 g/mol. The number of hydrogen-bond acceptors (Lipinski definition) is 3. The molecule has 1 aromatic carbocycles. The van der Waals surface area contributed by atoms with Crippen molar-refractivity contribution in [1.82, 2.24) is 5.32 Å². The number of nitrogen functional groups attached to an aromatic ring is 1. The van der Waals surface area contributed by atoms with Crippen LogP contribution in [0.2, 0.25) is 0 Å². The van der Waals surface area contributed by atoms with E-state index in [4.69, 9.17) is 10.8 Å². The smallest absolute Gasteiger partial charge is 0.253 e. The zero-order chi connectivity index (χ0) is 12.8. The van der Waals surface area contributed by atoms with Gasteiger partial charge in [-0.05, 0) is 38.8 Å². The number of nitrogens with two attached hydrogens (primary N) is 1. The fourth-order valence-corrected chi connectivity index (χ4v) is 1.56. The monoisotopic (exact) mass is 236 g/mol. The number of hydrogen-bond donors (Lipinski definition) is 3. The lowest BCUT2D eigenvalue weighted by atomic mass is 10.1. The fourth-order valence-electron chi connectivity index (χ4n) is 1.56. The van der Waals surface area contributed by atoms with Crippen molar-refractivity contribution in [3.05, 3.63) is 29.3 Å². The Balaban J connectivity index is 2.49. The Morgan fingerprint density at radius 1 is 1.53 bits per heavy atom. The first-order chi connectivity index (χ1) is 8.00. The van der Waals surface area contributed by atoms with Gasteiger partial charge in [0.1, 0.15) is 0 Å². The molecule has 1 amide bonds. The summed E-state index contributed by atoms with van der Waals surface area (Å²) in [6.45, 7) is 4.21. The highest BCUT2D eigenvalue weighted by Crippen LogP contribution is 2.13. The average Bonchev–Trinajstić information content (AvgIpc) is 2.27. The third-order valence-electron chi connectivity index (χ3n) is 2.54. The van der Waals surface area contributed by atoms with Crippen molar-refractivity contribution in [2.24, 2.45) is 0 Å². The van der Waals surface area contributed by atoms with Gasteiger partial charge in [-0.25, -0.2) is 0 Å². The summed E-state index contributed by atoms with van der Waals surface area (Å²) in [6, 6.07) is 5.39. The van der Waals surface area contributed by atoms with Crippen molar-refractivity contribution in [3.63, 3.8) is 0 Å². The van der Waals surface area contributed by atoms with Gasteiger partial charge < -0.3 is 16.2 Å². The summed E-state index contributed by atoms with van der Waals surface area (Å²) in [7, 11) is 0. The molecule has 0 heterocycles. The molecule has 1 unspecified atom stereocenters. The highest BCUT2D eigenvalue weighted by molar-refractivity contribution is 5.99. The number of amides is 1. The molecule has 4 heteroatoms. The molecule has 4 nitrogen and oxygen atoms in total. The summed E-state index contributed by atoms with van der Waals surface area (Å²) in [6.07, 6.45) is 1.12. The molecule has 1 atom stereocenters. The van der Waals surface area contributed by atoms with E-state index < -0.39 is 0 Å². The van der Waals surface area contributed by atoms with E-state index in [1.165, 1.54) is 0 Å². The standard InChI is InChI=1S/C13H20N2O2/c1-9-5-6-12(14)11(8-9)13(17)15-7-3-4-10(2)16/h5-6,8,10,16H,3-4,7,14H2,1-2H3,(H,15,17). The Morgan fingerprint density at radius 3 is 2.88 bits per heavy atom. The van der Waals surface area contributed by atoms with Gasteiger partial charge in [-0.3, -0.25) is 4.79 Å². The van der Waals surface area contributed by atoms with E-state index in [0.717, 1.165) is 12.0 Å². The van der Waals surface area contributed by atoms with Crippen molar-refractivity contribution >= 4 is 11.6 Å². The highest BCUT2D eigenvalue weighted by Gasteiger charge is 2.09. The Hall–Kier alpha value is -1.55. The van der Waals surface area contributed by atoms with Gasteiger partial charge in [-0.15, -0.1) is 0 Å². The normalized spacial score (nSPS) is 12.2. The van der Waals surface area contributed by atoms with Crippen LogP contribution in [0.15, 0.2) is 18.2 Å². The van der Waals surface area contributed by atoms with E-state index in [9.17, 15) is 4.79 Å². The van der Waals surface area contributed by atoms with Crippen LogP contribution >= 0.6 is 0 Å². The van der Waals surface area contributed by atoms with Crippen LogP contribution in [0.1, 0.15) is 35.7 Å². The second-order valence-corrected chi connectivity index (χ2v) is 4.34. The zero-order valence-corrected chi connectivity index (χ0v) is 10.4. The van der Waals surface area contributed by atoms with Crippen LogP contribution in [0.3, 0.4) is 0 Å². The van der Waals surface area contributed by atoms with Gasteiger partial charge in [-0.1, -0.05) is 11.6 Å². The molecule has 17 heavy (non-hydrogen) atoms. The Bertz CT molecular complexity index is 389. The number of carbonyl (C=O) groups excluding carboxylic acids is 1. The van der Waals surface area contributed by atoms with Crippen LogP contribution in [0.25, 0.3) is 0 Å². The summed E-state index contributed by atoms with van der Waals surface area (Å²) in [5.74, 6) is -0.156.